The molecule has 0 aliphatic carbocycles. The van der Waals surface area contributed by atoms with Gasteiger partial charge >= 0.3 is 0 Å². The molecule has 0 unspecified atom stereocenters. The number of hydrogen-bond donors (Lipinski definition) is 2. The minimum absolute atomic E-state index is 0.0684. The van der Waals surface area contributed by atoms with Gasteiger partial charge in [-0.1, -0.05) is 78.9 Å². The number of fused-ring (bicyclic) bond motifs is 1. The third-order valence-corrected chi connectivity index (χ3v) is 5.78. The van der Waals surface area contributed by atoms with E-state index in [1.807, 2.05) is 36.4 Å². The van der Waals surface area contributed by atoms with Gasteiger partial charge in [0, 0.05) is 12.2 Å². The Kier molecular flexibility index (Phi) is 5.23. The van der Waals surface area contributed by atoms with Crippen LogP contribution in [0.4, 0.5) is 23.0 Å². The molecule has 5 heteroatoms. The summed E-state index contributed by atoms with van der Waals surface area (Å²) >= 11 is 0. The molecule has 1 aliphatic heterocycles. The quantitative estimate of drug-likeness (QED) is 0.467. The van der Waals surface area contributed by atoms with Gasteiger partial charge in [0.2, 0.25) is 0 Å². The first-order valence-electron chi connectivity index (χ1n) is 10.6. The van der Waals surface area contributed by atoms with E-state index in [-0.39, 0.29) is 6.04 Å². The molecule has 5 rings (SSSR count). The third kappa shape index (κ3) is 3.82. The fourth-order valence-electron chi connectivity index (χ4n) is 4.26. The standard InChI is InChI=1S/C26H25N5/c27-23-25(30-24(20-11-3-1-4-12-20)21-13-5-2-6-14-21)28-18-29-26(23)31-17-9-15-19-10-7-8-16-22(19)31/h1-8,10-14,16,18,24H,9,15,17,27H2,(H,28,29,30). The Labute approximate surface area is 182 Å². The maximum atomic E-state index is 6.65. The van der Waals surface area contributed by atoms with Gasteiger partial charge in [0.1, 0.15) is 12.0 Å². The van der Waals surface area contributed by atoms with Gasteiger partial charge < -0.3 is 16.0 Å². The highest BCUT2D eigenvalue weighted by atomic mass is 15.2. The molecular formula is C26H25N5. The highest BCUT2D eigenvalue weighted by Gasteiger charge is 2.23. The minimum atomic E-state index is -0.0684. The fraction of sp³-hybridized carbons (Fsp3) is 0.154. The molecular weight excluding hydrogens is 382 g/mol. The number of nitrogens with zero attached hydrogens (tertiary/aromatic N) is 3. The first-order chi connectivity index (χ1) is 15.3. The molecule has 1 aromatic heterocycles. The van der Waals surface area contributed by atoms with Crippen molar-refractivity contribution in [1.29, 1.82) is 0 Å². The van der Waals surface area contributed by atoms with Crippen LogP contribution in [0.1, 0.15) is 29.2 Å². The van der Waals surface area contributed by atoms with Crippen LogP contribution in [0.5, 0.6) is 0 Å². The Morgan fingerprint density at radius 1 is 0.806 bits per heavy atom. The molecule has 31 heavy (non-hydrogen) atoms. The molecule has 0 bridgehead atoms. The van der Waals surface area contributed by atoms with Crippen molar-refractivity contribution in [2.45, 2.75) is 18.9 Å². The first kappa shape index (κ1) is 19.1. The monoisotopic (exact) mass is 407 g/mol. The molecule has 5 nitrogen and oxygen atoms in total. The highest BCUT2D eigenvalue weighted by molar-refractivity contribution is 5.80. The zero-order chi connectivity index (χ0) is 21.0. The number of hydrogen-bond acceptors (Lipinski definition) is 5. The molecule has 3 aromatic carbocycles. The Balaban J connectivity index is 1.53. The van der Waals surface area contributed by atoms with Gasteiger partial charge in [-0.2, -0.15) is 0 Å². The summed E-state index contributed by atoms with van der Waals surface area (Å²) in [6, 6.07) is 29.1. The zero-order valence-electron chi connectivity index (χ0n) is 17.3. The summed E-state index contributed by atoms with van der Waals surface area (Å²) in [5, 5.41) is 3.58. The summed E-state index contributed by atoms with van der Waals surface area (Å²) < 4.78 is 0. The van der Waals surface area contributed by atoms with E-state index >= 15 is 0 Å². The van der Waals surface area contributed by atoms with Gasteiger partial charge in [-0.3, -0.25) is 0 Å². The van der Waals surface area contributed by atoms with Gasteiger partial charge in [0.15, 0.2) is 11.6 Å². The normalized spacial score (nSPS) is 13.1. The van der Waals surface area contributed by atoms with Crippen LogP contribution in [0, 0.1) is 0 Å². The molecule has 0 amide bonds. The number of nitrogens with one attached hydrogen (secondary N) is 1. The molecule has 3 N–H and O–H groups in total. The van der Waals surface area contributed by atoms with Crippen LogP contribution < -0.4 is 16.0 Å². The second-order valence-electron chi connectivity index (χ2n) is 7.74. The molecule has 0 fully saturated rings. The lowest BCUT2D eigenvalue weighted by molar-refractivity contribution is 0.759. The van der Waals surface area contributed by atoms with Gasteiger partial charge in [-0.15, -0.1) is 0 Å². The Hall–Kier alpha value is -3.86. The lowest BCUT2D eigenvalue weighted by Crippen LogP contribution is -2.27. The predicted octanol–water partition coefficient (Wildman–Crippen LogP) is 5.34. The lowest BCUT2D eigenvalue weighted by atomic mass is 9.98. The number of nitrogens with two attached hydrogens (primary N) is 1. The van der Waals surface area contributed by atoms with E-state index in [4.69, 9.17) is 5.73 Å². The highest BCUT2D eigenvalue weighted by Crippen LogP contribution is 2.38. The number of benzene rings is 3. The molecule has 2 heterocycles. The Bertz CT molecular complexity index is 1120. The minimum Gasteiger partial charge on any atom is -0.393 e. The number of anilines is 4. The molecule has 0 radical (unpaired) electrons. The molecule has 1 aliphatic rings. The maximum absolute atomic E-state index is 6.65. The van der Waals surface area contributed by atoms with Crippen LogP contribution >= 0.6 is 0 Å². The molecule has 0 saturated carbocycles. The molecule has 0 atom stereocenters. The number of aryl methyl sites for hydroxylation is 1. The molecule has 154 valence electrons. The summed E-state index contributed by atoms with van der Waals surface area (Å²) in [7, 11) is 0. The van der Waals surface area contributed by atoms with Crippen LogP contribution in [0.15, 0.2) is 91.3 Å². The predicted molar refractivity (Wildman–Crippen MR) is 127 cm³/mol. The van der Waals surface area contributed by atoms with Crippen molar-refractivity contribution < 1.29 is 0 Å². The van der Waals surface area contributed by atoms with E-state index < -0.39 is 0 Å². The van der Waals surface area contributed by atoms with Crippen molar-refractivity contribution >= 4 is 23.0 Å². The lowest BCUT2D eigenvalue weighted by Gasteiger charge is -2.31. The zero-order valence-corrected chi connectivity index (χ0v) is 17.3. The summed E-state index contributed by atoms with van der Waals surface area (Å²) in [5.74, 6) is 1.40. The topological polar surface area (TPSA) is 67.1 Å². The van der Waals surface area contributed by atoms with Gasteiger partial charge in [0.05, 0.1) is 6.04 Å². The summed E-state index contributed by atoms with van der Waals surface area (Å²) in [4.78, 5) is 11.3. The second-order valence-corrected chi connectivity index (χ2v) is 7.74. The number of rotatable bonds is 5. The van der Waals surface area contributed by atoms with Gasteiger partial charge in [-0.25, -0.2) is 9.97 Å². The molecule has 0 saturated heterocycles. The molecule has 4 aromatic rings. The van der Waals surface area contributed by atoms with E-state index in [9.17, 15) is 0 Å². The number of aromatic nitrogens is 2. The maximum Gasteiger partial charge on any atom is 0.161 e. The average Bonchev–Trinajstić information content (AvgIpc) is 2.84. The van der Waals surface area contributed by atoms with Crippen LogP contribution in [-0.4, -0.2) is 16.5 Å². The summed E-state index contributed by atoms with van der Waals surface area (Å²) in [6.07, 6.45) is 3.74. The largest absolute Gasteiger partial charge is 0.393 e. The van der Waals surface area contributed by atoms with Gasteiger partial charge in [0.25, 0.3) is 0 Å². The van der Waals surface area contributed by atoms with Crippen molar-refractivity contribution in [1.82, 2.24) is 9.97 Å². The van der Waals surface area contributed by atoms with E-state index in [1.165, 1.54) is 11.3 Å². The van der Waals surface area contributed by atoms with E-state index in [0.29, 0.717) is 11.5 Å². The van der Waals surface area contributed by atoms with E-state index in [2.05, 4.69) is 68.7 Å². The van der Waals surface area contributed by atoms with E-state index in [1.54, 1.807) is 6.33 Å². The SMILES string of the molecule is Nc1c(NC(c2ccccc2)c2ccccc2)ncnc1N1CCCc2ccccc21. The number of para-hydroxylation sites is 1. The number of nitrogen functional groups attached to an aromatic ring is 1. The summed E-state index contributed by atoms with van der Waals surface area (Å²) in [5.41, 5.74) is 12.0. The van der Waals surface area contributed by atoms with Crippen molar-refractivity contribution in [3.8, 4) is 0 Å². The van der Waals surface area contributed by atoms with Crippen LogP contribution in [-0.2, 0) is 6.42 Å². The van der Waals surface area contributed by atoms with Crippen LogP contribution in [0.25, 0.3) is 0 Å². The molecule has 0 spiro atoms. The van der Waals surface area contributed by atoms with Crippen LogP contribution in [0.3, 0.4) is 0 Å². The third-order valence-electron chi connectivity index (χ3n) is 5.78. The van der Waals surface area contributed by atoms with E-state index in [0.717, 1.165) is 36.3 Å². The average molecular weight is 408 g/mol. The van der Waals surface area contributed by atoms with Crippen molar-refractivity contribution in [2.75, 3.05) is 22.5 Å². The Morgan fingerprint density at radius 2 is 1.45 bits per heavy atom. The first-order valence-corrected chi connectivity index (χ1v) is 10.6. The van der Waals surface area contributed by atoms with Crippen molar-refractivity contribution in [3.05, 3.63) is 108 Å². The van der Waals surface area contributed by atoms with Crippen molar-refractivity contribution in [3.63, 3.8) is 0 Å². The summed E-state index contributed by atoms with van der Waals surface area (Å²) in [6.45, 7) is 0.887. The second kappa shape index (κ2) is 8.48. The van der Waals surface area contributed by atoms with Crippen LogP contribution in [0.2, 0.25) is 0 Å². The van der Waals surface area contributed by atoms with Gasteiger partial charge in [-0.05, 0) is 35.6 Å². The van der Waals surface area contributed by atoms with Crippen molar-refractivity contribution in [2.24, 2.45) is 0 Å². The smallest absolute Gasteiger partial charge is 0.161 e. The fourth-order valence-corrected chi connectivity index (χ4v) is 4.26. The Morgan fingerprint density at radius 3 is 2.16 bits per heavy atom.